The van der Waals surface area contributed by atoms with E-state index < -0.39 is 0 Å². The van der Waals surface area contributed by atoms with Crippen LogP contribution >= 0.6 is 0 Å². The molecule has 0 radical (unpaired) electrons. The smallest absolute Gasteiger partial charge is 0.313 e. The Morgan fingerprint density at radius 1 is 1.21 bits per heavy atom. The van der Waals surface area contributed by atoms with Crippen LogP contribution in [0.4, 0.5) is 0 Å². The van der Waals surface area contributed by atoms with Gasteiger partial charge in [0.25, 0.3) is 0 Å². The number of rotatable bonds is 7. The minimum atomic E-state index is -0.154. The van der Waals surface area contributed by atoms with Gasteiger partial charge in [-0.15, -0.1) is 0 Å². The van der Waals surface area contributed by atoms with E-state index in [0.29, 0.717) is 18.4 Å². The number of hydrogen-bond acceptors (Lipinski definition) is 4. The number of para-hydroxylation sites is 1. The predicted octanol–water partition coefficient (Wildman–Crippen LogP) is 3.81. The number of hydrogen-bond donors (Lipinski definition) is 1. The van der Waals surface area contributed by atoms with Crippen molar-refractivity contribution < 1.29 is 14.3 Å². The summed E-state index contributed by atoms with van der Waals surface area (Å²) in [6.07, 6.45) is 3.46. The number of benzene rings is 1. The topological polar surface area (TPSA) is 47.6 Å². The molecule has 4 heteroatoms. The molecule has 1 aliphatic heterocycles. The van der Waals surface area contributed by atoms with Gasteiger partial charge in [0.05, 0.1) is 5.92 Å². The van der Waals surface area contributed by atoms with Gasteiger partial charge in [0.2, 0.25) is 6.79 Å². The average molecular weight is 331 g/mol. The van der Waals surface area contributed by atoms with Gasteiger partial charge >= 0.3 is 5.97 Å². The van der Waals surface area contributed by atoms with Gasteiger partial charge in [-0.1, -0.05) is 39.0 Å². The second kappa shape index (κ2) is 7.56. The standard InChI is InChI=1S/C20H29NO3/c1-13(2)17-5-4-6-18(14(3)15-7-8-15)19(17)23-12-24-20(22)16-9-10-21-11-16/h4-6,13-16,21H,7-12H2,1-3H3/t14-,16?/m1/s1. The number of esters is 1. The van der Waals surface area contributed by atoms with E-state index in [1.54, 1.807) is 0 Å². The molecule has 1 N–H and O–H groups in total. The molecule has 0 amide bonds. The highest BCUT2D eigenvalue weighted by Crippen LogP contribution is 2.46. The van der Waals surface area contributed by atoms with E-state index in [4.69, 9.17) is 9.47 Å². The minimum Gasteiger partial charge on any atom is -0.457 e. The van der Waals surface area contributed by atoms with Crippen LogP contribution in [0.1, 0.15) is 63.0 Å². The molecule has 0 spiro atoms. The summed E-state index contributed by atoms with van der Waals surface area (Å²) in [5.41, 5.74) is 2.45. The summed E-state index contributed by atoms with van der Waals surface area (Å²) < 4.78 is 11.4. The maximum Gasteiger partial charge on any atom is 0.313 e. The van der Waals surface area contributed by atoms with E-state index in [2.05, 4.69) is 44.3 Å². The highest BCUT2D eigenvalue weighted by Gasteiger charge is 2.31. The highest BCUT2D eigenvalue weighted by atomic mass is 16.7. The normalized spacial score (nSPS) is 21.8. The summed E-state index contributed by atoms with van der Waals surface area (Å²) in [4.78, 5) is 12.0. The molecule has 1 aliphatic carbocycles. The predicted molar refractivity (Wildman–Crippen MR) is 94.2 cm³/mol. The zero-order valence-electron chi connectivity index (χ0n) is 15.0. The molecule has 1 aromatic carbocycles. The molecule has 0 aromatic heterocycles. The third-order valence-electron chi connectivity index (χ3n) is 5.32. The Balaban J connectivity index is 1.69. The fourth-order valence-corrected chi connectivity index (χ4v) is 3.52. The lowest BCUT2D eigenvalue weighted by Gasteiger charge is -2.21. The van der Waals surface area contributed by atoms with Crippen LogP contribution in [0.15, 0.2) is 18.2 Å². The molecule has 132 valence electrons. The van der Waals surface area contributed by atoms with E-state index in [0.717, 1.165) is 24.6 Å². The molecule has 1 heterocycles. The van der Waals surface area contributed by atoms with Crippen LogP contribution < -0.4 is 10.1 Å². The lowest BCUT2D eigenvalue weighted by Crippen LogP contribution is -2.22. The molecule has 1 aromatic rings. The lowest BCUT2D eigenvalue weighted by molar-refractivity contribution is -0.154. The van der Waals surface area contributed by atoms with Crippen molar-refractivity contribution in [3.8, 4) is 5.75 Å². The van der Waals surface area contributed by atoms with E-state index in [1.807, 2.05) is 0 Å². The van der Waals surface area contributed by atoms with E-state index in [1.165, 1.54) is 24.0 Å². The van der Waals surface area contributed by atoms with Crippen molar-refractivity contribution in [1.82, 2.24) is 5.32 Å². The van der Waals surface area contributed by atoms with Crippen molar-refractivity contribution in [2.24, 2.45) is 11.8 Å². The zero-order valence-corrected chi connectivity index (χ0v) is 15.0. The van der Waals surface area contributed by atoms with E-state index >= 15 is 0 Å². The van der Waals surface area contributed by atoms with Gasteiger partial charge in [-0.25, -0.2) is 0 Å². The summed E-state index contributed by atoms with van der Waals surface area (Å²) in [6.45, 7) is 8.23. The Hall–Kier alpha value is -1.55. The van der Waals surface area contributed by atoms with Gasteiger partial charge in [0.15, 0.2) is 0 Å². The molecule has 2 aliphatic rings. The molecule has 1 unspecified atom stereocenters. The number of nitrogens with one attached hydrogen (secondary N) is 1. The lowest BCUT2D eigenvalue weighted by atomic mass is 9.90. The minimum absolute atomic E-state index is 0.00343. The molecular weight excluding hydrogens is 302 g/mol. The molecule has 4 nitrogen and oxygen atoms in total. The molecule has 2 fully saturated rings. The van der Waals surface area contributed by atoms with Crippen molar-refractivity contribution in [1.29, 1.82) is 0 Å². The van der Waals surface area contributed by atoms with E-state index in [9.17, 15) is 4.79 Å². The highest BCUT2D eigenvalue weighted by molar-refractivity contribution is 5.73. The first kappa shape index (κ1) is 17.3. The van der Waals surface area contributed by atoms with Crippen molar-refractivity contribution in [3.05, 3.63) is 29.3 Å². The molecule has 1 saturated heterocycles. The van der Waals surface area contributed by atoms with Gasteiger partial charge in [-0.05, 0) is 54.7 Å². The Morgan fingerprint density at radius 2 is 1.96 bits per heavy atom. The van der Waals surface area contributed by atoms with Crippen LogP contribution in [0.25, 0.3) is 0 Å². The average Bonchev–Trinajstić information content (AvgIpc) is 3.28. The van der Waals surface area contributed by atoms with Crippen LogP contribution in [0, 0.1) is 11.8 Å². The number of ether oxygens (including phenoxy) is 2. The summed E-state index contributed by atoms with van der Waals surface area (Å²) in [6, 6.07) is 6.39. The van der Waals surface area contributed by atoms with Crippen molar-refractivity contribution >= 4 is 5.97 Å². The first-order chi connectivity index (χ1) is 11.6. The van der Waals surface area contributed by atoms with Gasteiger partial charge in [-0.3, -0.25) is 4.79 Å². The Kier molecular flexibility index (Phi) is 5.44. The molecule has 0 bridgehead atoms. The van der Waals surface area contributed by atoms with Gasteiger partial charge in [0, 0.05) is 6.54 Å². The molecule has 2 atom stereocenters. The second-order valence-electron chi connectivity index (χ2n) is 7.46. The quantitative estimate of drug-likeness (QED) is 0.609. The number of carbonyl (C=O) groups excluding carboxylic acids is 1. The zero-order chi connectivity index (χ0) is 17.1. The molecular formula is C20H29NO3. The Bertz CT molecular complexity index is 574. The van der Waals surface area contributed by atoms with Gasteiger partial charge in [-0.2, -0.15) is 0 Å². The largest absolute Gasteiger partial charge is 0.457 e. The van der Waals surface area contributed by atoms with Crippen LogP contribution in [-0.2, 0) is 9.53 Å². The second-order valence-corrected chi connectivity index (χ2v) is 7.46. The van der Waals surface area contributed by atoms with Gasteiger partial charge < -0.3 is 14.8 Å². The first-order valence-electron chi connectivity index (χ1n) is 9.21. The third-order valence-corrected chi connectivity index (χ3v) is 5.32. The molecule has 24 heavy (non-hydrogen) atoms. The Labute approximate surface area is 144 Å². The summed E-state index contributed by atoms with van der Waals surface area (Å²) >= 11 is 0. The van der Waals surface area contributed by atoms with E-state index in [-0.39, 0.29) is 18.7 Å². The first-order valence-corrected chi connectivity index (χ1v) is 9.21. The van der Waals surface area contributed by atoms with Gasteiger partial charge in [0.1, 0.15) is 5.75 Å². The summed E-state index contributed by atoms with van der Waals surface area (Å²) in [5, 5.41) is 3.19. The maximum atomic E-state index is 12.0. The molecule has 1 saturated carbocycles. The fourth-order valence-electron chi connectivity index (χ4n) is 3.52. The Morgan fingerprint density at radius 3 is 2.58 bits per heavy atom. The van der Waals surface area contributed by atoms with Crippen molar-refractivity contribution in [2.45, 2.75) is 51.9 Å². The summed E-state index contributed by atoms with van der Waals surface area (Å²) in [5.74, 6) is 2.37. The molecule has 3 rings (SSSR count). The monoisotopic (exact) mass is 331 g/mol. The fraction of sp³-hybridized carbons (Fsp3) is 0.650. The SMILES string of the molecule is CC(C)c1cccc([C@H](C)C2CC2)c1OCOC(=O)C1CCNC1. The van der Waals surface area contributed by atoms with Crippen molar-refractivity contribution in [3.63, 3.8) is 0 Å². The van der Waals surface area contributed by atoms with Crippen LogP contribution in [-0.4, -0.2) is 25.9 Å². The van der Waals surface area contributed by atoms with Crippen molar-refractivity contribution in [2.75, 3.05) is 19.9 Å². The van der Waals surface area contributed by atoms with Crippen LogP contribution in [0.2, 0.25) is 0 Å². The van der Waals surface area contributed by atoms with Crippen LogP contribution in [0.5, 0.6) is 5.75 Å². The number of carbonyl (C=O) groups is 1. The summed E-state index contributed by atoms with van der Waals surface area (Å²) in [7, 11) is 0. The third kappa shape index (κ3) is 3.92. The van der Waals surface area contributed by atoms with Crippen LogP contribution in [0.3, 0.4) is 0 Å². The maximum absolute atomic E-state index is 12.0.